The van der Waals surface area contributed by atoms with Crippen LogP contribution in [0.15, 0.2) is 35.3 Å². The smallest absolute Gasteiger partial charge is 0.191 e. The van der Waals surface area contributed by atoms with Crippen molar-refractivity contribution in [1.29, 1.82) is 0 Å². The quantitative estimate of drug-likeness (QED) is 0.267. The largest absolute Gasteiger partial charge is 0.357 e. The van der Waals surface area contributed by atoms with Gasteiger partial charge in [-0.1, -0.05) is 12.1 Å². The molecule has 0 fully saturated rings. The SMILES string of the molecule is CCNC(=NCCCn1nc(C)cc1C)NCCc1cccc(F)c1.I. The number of halogens is 2. The van der Waals surface area contributed by atoms with Gasteiger partial charge in [-0.3, -0.25) is 9.67 Å². The van der Waals surface area contributed by atoms with E-state index in [4.69, 9.17) is 0 Å². The minimum atomic E-state index is -0.192. The molecule has 0 atom stereocenters. The second-order valence-corrected chi connectivity index (χ2v) is 6.07. The Labute approximate surface area is 172 Å². The zero-order chi connectivity index (χ0) is 18.1. The van der Waals surface area contributed by atoms with E-state index in [1.54, 1.807) is 12.1 Å². The normalized spacial score (nSPS) is 11.2. The van der Waals surface area contributed by atoms with E-state index in [-0.39, 0.29) is 29.8 Å². The molecule has 0 radical (unpaired) electrons. The molecule has 1 aromatic carbocycles. The molecule has 0 spiro atoms. The number of aliphatic imine (C=N–C) groups is 1. The highest BCUT2D eigenvalue weighted by molar-refractivity contribution is 14.0. The summed E-state index contributed by atoms with van der Waals surface area (Å²) in [6.45, 7) is 9.24. The summed E-state index contributed by atoms with van der Waals surface area (Å²) in [5.74, 6) is 0.606. The van der Waals surface area contributed by atoms with Gasteiger partial charge < -0.3 is 10.6 Å². The molecule has 2 N–H and O–H groups in total. The van der Waals surface area contributed by atoms with Gasteiger partial charge in [0.25, 0.3) is 0 Å². The lowest BCUT2D eigenvalue weighted by Gasteiger charge is -2.11. The van der Waals surface area contributed by atoms with Crippen molar-refractivity contribution in [1.82, 2.24) is 20.4 Å². The van der Waals surface area contributed by atoms with Crippen molar-refractivity contribution in [3.05, 3.63) is 53.1 Å². The van der Waals surface area contributed by atoms with Crippen LogP contribution >= 0.6 is 24.0 Å². The van der Waals surface area contributed by atoms with E-state index in [0.717, 1.165) is 49.7 Å². The van der Waals surface area contributed by atoms with Gasteiger partial charge in [-0.2, -0.15) is 5.10 Å². The average molecular weight is 473 g/mol. The van der Waals surface area contributed by atoms with Gasteiger partial charge in [0.2, 0.25) is 0 Å². The second-order valence-electron chi connectivity index (χ2n) is 6.07. The summed E-state index contributed by atoms with van der Waals surface area (Å²) in [6, 6.07) is 8.79. The lowest BCUT2D eigenvalue weighted by Crippen LogP contribution is -2.38. The van der Waals surface area contributed by atoms with Crippen molar-refractivity contribution in [2.45, 2.75) is 40.2 Å². The van der Waals surface area contributed by atoms with Crippen LogP contribution in [0.5, 0.6) is 0 Å². The molecule has 0 aliphatic rings. The molecule has 7 heteroatoms. The zero-order valence-corrected chi connectivity index (χ0v) is 18.1. The Balaban J connectivity index is 0.00000338. The molecule has 0 bridgehead atoms. The predicted octanol–water partition coefficient (Wildman–Crippen LogP) is 3.44. The molecular weight excluding hydrogens is 444 g/mol. The van der Waals surface area contributed by atoms with Crippen LogP contribution in [-0.2, 0) is 13.0 Å². The van der Waals surface area contributed by atoms with Gasteiger partial charge in [-0.15, -0.1) is 24.0 Å². The van der Waals surface area contributed by atoms with E-state index in [0.29, 0.717) is 6.54 Å². The zero-order valence-electron chi connectivity index (χ0n) is 15.8. The van der Waals surface area contributed by atoms with E-state index in [1.807, 2.05) is 24.6 Å². The Kier molecular flexibility index (Phi) is 10.2. The van der Waals surface area contributed by atoms with Gasteiger partial charge in [0.1, 0.15) is 5.82 Å². The summed E-state index contributed by atoms with van der Waals surface area (Å²) in [5.41, 5.74) is 3.21. The Bertz CT molecular complexity index is 699. The van der Waals surface area contributed by atoms with Crippen LogP contribution in [0.4, 0.5) is 4.39 Å². The number of aryl methyl sites for hydroxylation is 3. The number of aromatic nitrogens is 2. The van der Waals surface area contributed by atoms with Crippen LogP contribution in [0.1, 0.15) is 30.3 Å². The van der Waals surface area contributed by atoms with Crippen molar-refractivity contribution in [3.63, 3.8) is 0 Å². The van der Waals surface area contributed by atoms with E-state index < -0.39 is 0 Å². The standard InChI is InChI=1S/C19H28FN5.HI/c1-4-21-19(23-11-9-17-7-5-8-18(20)14-17)22-10-6-12-25-16(3)13-15(2)24-25;/h5,7-8,13-14H,4,6,9-12H2,1-3H3,(H2,21,22,23);1H. The molecule has 0 saturated carbocycles. The Hall–Kier alpha value is -1.64. The molecule has 5 nitrogen and oxygen atoms in total. The third-order valence-electron chi connectivity index (χ3n) is 3.84. The number of rotatable bonds is 8. The molecule has 0 aliphatic heterocycles. The lowest BCUT2D eigenvalue weighted by atomic mass is 10.1. The number of guanidine groups is 1. The highest BCUT2D eigenvalue weighted by Crippen LogP contribution is 2.04. The molecule has 2 rings (SSSR count). The van der Waals surface area contributed by atoms with Crippen molar-refractivity contribution in [2.24, 2.45) is 4.99 Å². The van der Waals surface area contributed by atoms with E-state index >= 15 is 0 Å². The number of hydrogen-bond donors (Lipinski definition) is 2. The lowest BCUT2D eigenvalue weighted by molar-refractivity contribution is 0.567. The van der Waals surface area contributed by atoms with Crippen LogP contribution in [0.2, 0.25) is 0 Å². The fourth-order valence-corrected chi connectivity index (χ4v) is 2.67. The molecule has 1 heterocycles. The summed E-state index contributed by atoms with van der Waals surface area (Å²) < 4.78 is 15.2. The molecule has 0 amide bonds. The summed E-state index contributed by atoms with van der Waals surface area (Å²) in [7, 11) is 0. The second kappa shape index (κ2) is 11.9. The molecular formula is C19H29FIN5. The van der Waals surface area contributed by atoms with Gasteiger partial charge in [0.15, 0.2) is 5.96 Å². The van der Waals surface area contributed by atoms with E-state index in [9.17, 15) is 4.39 Å². The highest BCUT2D eigenvalue weighted by atomic mass is 127. The number of nitrogens with zero attached hydrogens (tertiary/aromatic N) is 3. The summed E-state index contributed by atoms with van der Waals surface area (Å²) >= 11 is 0. The van der Waals surface area contributed by atoms with Gasteiger partial charge in [-0.25, -0.2) is 4.39 Å². The first kappa shape index (κ1) is 22.4. The summed E-state index contributed by atoms with van der Waals surface area (Å²) in [5, 5.41) is 11.0. The maximum Gasteiger partial charge on any atom is 0.191 e. The van der Waals surface area contributed by atoms with Gasteiger partial charge in [0, 0.05) is 31.9 Å². The van der Waals surface area contributed by atoms with Gasteiger partial charge >= 0.3 is 0 Å². The fraction of sp³-hybridized carbons (Fsp3) is 0.474. The Morgan fingerprint density at radius 2 is 2.04 bits per heavy atom. The Morgan fingerprint density at radius 3 is 2.69 bits per heavy atom. The first-order valence-electron chi connectivity index (χ1n) is 8.86. The van der Waals surface area contributed by atoms with Crippen LogP contribution < -0.4 is 10.6 Å². The molecule has 0 saturated heterocycles. The Morgan fingerprint density at radius 1 is 1.23 bits per heavy atom. The molecule has 0 unspecified atom stereocenters. The first-order chi connectivity index (χ1) is 12.1. The van der Waals surface area contributed by atoms with Crippen molar-refractivity contribution in [2.75, 3.05) is 19.6 Å². The maximum absolute atomic E-state index is 13.2. The third kappa shape index (κ3) is 7.72. The van der Waals surface area contributed by atoms with E-state index in [1.165, 1.54) is 11.8 Å². The first-order valence-corrected chi connectivity index (χ1v) is 8.86. The van der Waals surface area contributed by atoms with Gasteiger partial charge in [0.05, 0.1) is 5.69 Å². The van der Waals surface area contributed by atoms with Crippen molar-refractivity contribution >= 4 is 29.9 Å². The number of benzene rings is 1. The van der Waals surface area contributed by atoms with Crippen LogP contribution in [-0.4, -0.2) is 35.4 Å². The van der Waals surface area contributed by atoms with Gasteiger partial charge in [-0.05, 0) is 57.4 Å². The highest BCUT2D eigenvalue weighted by Gasteiger charge is 2.01. The van der Waals surface area contributed by atoms with E-state index in [2.05, 4.69) is 33.7 Å². The fourth-order valence-electron chi connectivity index (χ4n) is 2.67. The third-order valence-corrected chi connectivity index (χ3v) is 3.84. The molecule has 2 aromatic rings. The monoisotopic (exact) mass is 473 g/mol. The maximum atomic E-state index is 13.2. The predicted molar refractivity (Wildman–Crippen MR) is 116 cm³/mol. The molecule has 144 valence electrons. The van der Waals surface area contributed by atoms with Crippen LogP contribution in [0, 0.1) is 19.7 Å². The van der Waals surface area contributed by atoms with Crippen LogP contribution in [0.3, 0.4) is 0 Å². The van der Waals surface area contributed by atoms with Crippen LogP contribution in [0.25, 0.3) is 0 Å². The molecule has 0 aliphatic carbocycles. The minimum absolute atomic E-state index is 0. The van der Waals surface area contributed by atoms with Crippen molar-refractivity contribution in [3.8, 4) is 0 Å². The number of nitrogens with one attached hydrogen (secondary N) is 2. The van der Waals surface area contributed by atoms with Crippen molar-refractivity contribution < 1.29 is 4.39 Å². The molecule has 26 heavy (non-hydrogen) atoms. The average Bonchev–Trinajstić information content (AvgIpc) is 2.89. The molecule has 1 aromatic heterocycles. The minimum Gasteiger partial charge on any atom is -0.357 e. The topological polar surface area (TPSA) is 54.2 Å². The summed E-state index contributed by atoms with van der Waals surface area (Å²) in [6.07, 6.45) is 1.69. The summed E-state index contributed by atoms with van der Waals surface area (Å²) in [4.78, 5) is 4.59. The number of hydrogen-bond acceptors (Lipinski definition) is 2.